The molecule has 1 atom stereocenters. The van der Waals surface area contributed by atoms with Gasteiger partial charge in [-0.05, 0) is 30.2 Å². The molecule has 1 saturated heterocycles. The van der Waals surface area contributed by atoms with Crippen molar-refractivity contribution in [3.63, 3.8) is 0 Å². The first kappa shape index (κ1) is 21.6. The number of benzene rings is 3. The third-order valence-electron chi connectivity index (χ3n) is 7.09. The Balaban J connectivity index is 1.51. The van der Waals surface area contributed by atoms with E-state index in [-0.39, 0.29) is 24.4 Å². The molecule has 1 N–H and O–H groups in total. The number of nitrogens with zero attached hydrogens (tertiary/aromatic N) is 2. The number of carbonyl (C=O) groups excluding carboxylic acids is 2. The molecule has 3 heterocycles. The van der Waals surface area contributed by atoms with Crippen LogP contribution in [-0.4, -0.2) is 59.4 Å². The zero-order chi connectivity index (χ0) is 23.9. The Morgan fingerprint density at radius 2 is 1.69 bits per heavy atom. The molecule has 4 aromatic rings. The van der Waals surface area contributed by atoms with Crippen LogP contribution < -0.4 is 0 Å². The standard InChI is InChI=1S/C29H27N3O3/c1-19-10-12-20(13-11-19)27-26(23-8-4-5-9-24(23)30-27)28-21-6-2-3-7-22(21)29(34)32(28)18-25(33)31-14-16-35-17-15-31/h2-13,28,30H,14-18H2,1H3/t28-/m1/s1. The Hall–Kier alpha value is -3.90. The van der Waals surface area contributed by atoms with Crippen molar-refractivity contribution in [3.05, 3.63) is 95.1 Å². The summed E-state index contributed by atoms with van der Waals surface area (Å²) in [6, 6.07) is 23.9. The lowest BCUT2D eigenvalue weighted by Gasteiger charge is -2.31. The van der Waals surface area contributed by atoms with Crippen LogP contribution in [0.15, 0.2) is 72.8 Å². The maximum absolute atomic E-state index is 13.7. The highest BCUT2D eigenvalue weighted by Crippen LogP contribution is 2.45. The van der Waals surface area contributed by atoms with Gasteiger partial charge in [0.1, 0.15) is 6.54 Å². The summed E-state index contributed by atoms with van der Waals surface area (Å²) in [4.78, 5) is 34.1. The number of rotatable bonds is 4. The molecule has 0 radical (unpaired) electrons. The van der Waals surface area contributed by atoms with Crippen LogP contribution in [0.25, 0.3) is 22.2 Å². The second-order valence-corrected chi connectivity index (χ2v) is 9.24. The second kappa shape index (κ2) is 8.71. The van der Waals surface area contributed by atoms with Gasteiger partial charge in [-0.3, -0.25) is 9.59 Å². The van der Waals surface area contributed by atoms with E-state index in [1.54, 1.807) is 9.80 Å². The van der Waals surface area contributed by atoms with Crippen LogP contribution in [0.2, 0.25) is 0 Å². The number of ether oxygens (including phenoxy) is 1. The minimum atomic E-state index is -0.365. The SMILES string of the molecule is Cc1ccc(-c2[nH]c3ccccc3c2[C@H]2c3ccccc3C(=O)N2CC(=O)N2CCOCC2)cc1. The molecular formula is C29H27N3O3. The van der Waals surface area contributed by atoms with Gasteiger partial charge in [-0.25, -0.2) is 0 Å². The highest BCUT2D eigenvalue weighted by Gasteiger charge is 2.41. The van der Waals surface area contributed by atoms with Crippen LogP contribution in [0.1, 0.15) is 33.1 Å². The van der Waals surface area contributed by atoms with E-state index in [0.29, 0.717) is 31.9 Å². The lowest BCUT2D eigenvalue weighted by Crippen LogP contribution is -2.46. The highest BCUT2D eigenvalue weighted by molar-refractivity contribution is 6.03. The lowest BCUT2D eigenvalue weighted by molar-refractivity contribution is -0.136. The van der Waals surface area contributed by atoms with Crippen LogP contribution in [0, 0.1) is 6.92 Å². The van der Waals surface area contributed by atoms with E-state index in [1.807, 2.05) is 36.4 Å². The van der Waals surface area contributed by atoms with Crippen molar-refractivity contribution in [3.8, 4) is 11.3 Å². The zero-order valence-electron chi connectivity index (χ0n) is 19.7. The molecular weight excluding hydrogens is 438 g/mol. The van der Waals surface area contributed by atoms with Crippen LogP contribution >= 0.6 is 0 Å². The third-order valence-corrected chi connectivity index (χ3v) is 7.09. The summed E-state index contributed by atoms with van der Waals surface area (Å²) in [7, 11) is 0. The molecule has 6 rings (SSSR count). The molecule has 2 aliphatic heterocycles. The van der Waals surface area contributed by atoms with Crippen molar-refractivity contribution in [2.24, 2.45) is 0 Å². The Labute approximate surface area is 204 Å². The number of nitrogens with one attached hydrogen (secondary N) is 1. The fraction of sp³-hybridized carbons (Fsp3) is 0.241. The van der Waals surface area contributed by atoms with Gasteiger partial charge in [-0.2, -0.15) is 0 Å². The van der Waals surface area contributed by atoms with E-state index in [2.05, 4.69) is 48.3 Å². The van der Waals surface area contributed by atoms with Gasteiger partial charge in [0.05, 0.1) is 24.9 Å². The quantitative estimate of drug-likeness (QED) is 0.481. The van der Waals surface area contributed by atoms with E-state index >= 15 is 0 Å². The molecule has 0 unspecified atom stereocenters. The van der Waals surface area contributed by atoms with Gasteiger partial charge in [-0.15, -0.1) is 0 Å². The molecule has 2 amide bonds. The number of fused-ring (bicyclic) bond motifs is 2. The van der Waals surface area contributed by atoms with Gasteiger partial charge in [0.2, 0.25) is 5.91 Å². The van der Waals surface area contributed by atoms with Crippen LogP contribution in [0.5, 0.6) is 0 Å². The number of aromatic nitrogens is 1. The van der Waals surface area contributed by atoms with Crippen molar-refractivity contribution in [1.82, 2.24) is 14.8 Å². The normalized spacial score (nSPS) is 17.7. The Bertz CT molecular complexity index is 1420. The number of morpholine rings is 1. The monoisotopic (exact) mass is 465 g/mol. The van der Waals surface area contributed by atoms with E-state index in [9.17, 15) is 9.59 Å². The van der Waals surface area contributed by atoms with Crippen LogP contribution in [-0.2, 0) is 9.53 Å². The fourth-order valence-electron chi connectivity index (χ4n) is 5.30. The number of aryl methyl sites for hydroxylation is 1. The van der Waals surface area contributed by atoms with Gasteiger partial charge < -0.3 is 19.5 Å². The highest BCUT2D eigenvalue weighted by atomic mass is 16.5. The summed E-state index contributed by atoms with van der Waals surface area (Å²) < 4.78 is 5.41. The summed E-state index contributed by atoms with van der Waals surface area (Å²) >= 11 is 0. The summed E-state index contributed by atoms with van der Waals surface area (Å²) in [5.41, 5.74) is 6.85. The first-order valence-electron chi connectivity index (χ1n) is 12.0. The summed E-state index contributed by atoms with van der Waals surface area (Å²) in [5, 5.41) is 1.06. The minimum Gasteiger partial charge on any atom is -0.378 e. The molecule has 0 spiro atoms. The van der Waals surface area contributed by atoms with Crippen molar-refractivity contribution in [1.29, 1.82) is 0 Å². The van der Waals surface area contributed by atoms with Crippen molar-refractivity contribution in [2.45, 2.75) is 13.0 Å². The van der Waals surface area contributed by atoms with Gasteiger partial charge in [0, 0.05) is 35.1 Å². The van der Waals surface area contributed by atoms with E-state index in [0.717, 1.165) is 33.3 Å². The first-order chi connectivity index (χ1) is 17.1. The number of hydrogen-bond acceptors (Lipinski definition) is 3. The maximum Gasteiger partial charge on any atom is 0.255 e. The number of aromatic amines is 1. The smallest absolute Gasteiger partial charge is 0.255 e. The van der Waals surface area contributed by atoms with Crippen molar-refractivity contribution < 1.29 is 14.3 Å². The molecule has 0 saturated carbocycles. The predicted molar refractivity (Wildman–Crippen MR) is 135 cm³/mol. The van der Waals surface area contributed by atoms with Crippen molar-refractivity contribution in [2.75, 3.05) is 32.8 Å². The van der Waals surface area contributed by atoms with Gasteiger partial charge in [-0.1, -0.05) is 66.2 Å². The second-order valence-electron chi connectivity index (χ2n) is 9.24. The maximum atomic E-state index is 13.7. The molecule has 3 aromatic carbocycles. The molecule has 2 aliphatic rings. The molecule has 6 nitrogen and oxygen atoms in total. The van der Waals surface area contributed by atoms with E-state index < -0.39 is 0 Å². The van der Waals surface area contributed by atoms with Crippen LogP contribution in [0.3, 0.4) is 0 Å². The number of H-pyrrole nitrogens is 1. The molecule has 6 heteroatoms. The first-order valence-corrected chi connectivity index (χ1v) is 12.0. The Morgan fingerprint density at radius 3 is 2.49 bits per heavy atom. The zero-order valence-corrected chi connectivity index (χ0v) is 19.7. The topological polar surface area (TPSA) is 65.6 Å². The predicted octanol–water partition coefficient (Wildman–Crippen LogP) is 4.55. The lowest BCUT2D eigenvalue weighted by atomic mass is 9.93. The Kier molecular flexibility index (Phi) is 5.38. The molecule has 0 bridgehead atoms. The summed E-state index contributed by atoms with van der Waals surface area (Å²) in [6.45, 7) is 4.28. The Morgan fingerprint density at radius 1 is 0.971 bits per heavy atom. The molecule has 0 aliphatic carbocycles. The van der Waals surface area contributed by atoms with Crippen molar-refractivity contribution >= 4 is 22.7 Å². The van der Waals surface area contributed by atoms with Gasteiger partial charge >= 0.3 is 0 Å². The third kappa shape index (κ3) is 3.70. The van der Waals surface area contributed by atoms with E-state index in [4.69, 9.17) is 4.74 Å². The average molecular weight is 466 g/mol. The summed E-state index contributed by atoms with van der Waals surface area (Å²) in [6.07, 6.45) is 0. The summed E-state index contributed by atoms with van der Waals surface area (Å²) in [5.74, 6) is -0.150. The van der Waals surface area contributed by atoms with E-state index in [1.165, 1.54) is 5.56 Å². The minimum absolute atomic E-state index is 0.0328. The number of amides is 2. The van der Waals surface area contributed by atoms with Gasteiger partial charge in [0.25, 0.3) is 5.91 Å². The largest absolute Gasteiger partial charge is 0.378 e. The fourth-order valence-corrected chi connectivity index (χ4v) is 5.30. The van der Waals surface area contributed by atoms with Crippen LogP contribution in [0.4, 0.5) is 0 Å². The number of carbonyl (C=O) groups is 2. The number of para-hydroxylation sites is 1. The average Bonchev–Trinajstić information content (AvgIpc) is 3.40. The molecule has 35 heavy (non-hydrogen) atoms. The van der Waals surface area contributed by atoms with Gasteiger partial charge in [0.15, 0.2) is 0 Å². The molecule has 1 fully saturated rings. The molecule has 176 valence electrons. The number of hydrogen-bond donors (Lipinski definition) is 1. The molecule has 1 aromatic heterocycles.